The van der Waals surface area contributed by atoms with Gasteiger partial charge in [-0.3, -0.25) is 0 Å². The maximum absolute atomic E-state index is 11.3. The second-order valence-electron chi connectivity index (χ2n) is 2.60. The van der Waals surface area contributed by atoms with E-state index >= 15 is 0 Å². The molecule has 0 spiro atoms. The Bertz CT molecular complexity index is 207. The van der Waals surface area contributed by atoms with Crippen LogP contribution in [0, 0.1) is 0 Å². The molecule has 2 atom stereocenters. The fourth-order valence-electron chi connectivity index (χ4n) is 0.988. The molecule has 0 aromatic carbocycles. The smallest absolute Gasteiger partial charge is 0.346 e. The molecule has 1 saturated heterocycles. The van der Waals surface area contributed by atoms with Gasteiger partial charge in [0.05, 0.1) is 0 Å². The van der Waals surface area contributed by atoms with Gasteiger partial charge in [0, 0.05) is 12.4 Å². The number of thioether (sulfide) groups is 1. The zero-order valence-corrected chi connectivity index (χ0v) is 8.92. The molecule has 1 aliphatic heterocycles. The van der Waals surface area contributed by atoms with Crippen LogP contribution >= 0.6 is 11.8 Å². The first-order valence-electron chi connectivity index (χ1n) is 4.44. The van der Waals surface area contributed by atoms with Crippen LogP contribution in [0.5, 0.6) is 0 Å². The molecular weight excluding hydrogens is 204 g/mol. The summed E-state index contributed by atoms with van der Waals surface area (Å²) in [5, 5.41) is 0. The second-order valence-corrected chi connectivity index (χ2v) is 3.70. The molecule has 1 rings (SSSR count). The number of hydrogen-bond donors (Lipinski definition) is 0. The van der Waals surface area contributed by atoms with Crippen molar-refractivity contribution >= 4 is 17.7 Å². The predicted octanol–water partition coefficient (Wildman–Crippen LogP) is 1.17. The maximum atomic E-state index is 11.3. The van der Waals surface area contributed by atoms with Crippen LogP contribution in [0.3, 0.4) is 0 Å². The highest BCUT2D eigenvalue weighted by Crippen LogP contribution is 2.26. The minimum Gasteiger partial charge on any atom is -0.459 e. The number of ether oxygens (including phenoxy) is 3. The first-order chi connectivity index (χ1) is 6.77. The summed E-state index contributed by atoms with van der Waals surface area (Å²) in [5.41, 5.74) is -0.550. The molecule has 0 aliphatic carbocycles. The van der Waals surface area contributed by atoms with E-state index in [1.807, 2.05) is 6.92 Å². The van der Waals surface area contributed by atoms with E-state index in [2.05, 4.69) is 6.58 Å². The van der Waals surface area contributed by atoms with Gasteiger partial charge in [0.25, 0.3) is 0 Å². The van der Waals surface area contributed by atoms with Crippen LogP contribution in [0.25, 0.3) is 0 Å². The highest BCUT2D eigenvalue weighted by molar-refractivity contribution is 8.00. The molecular formula is C9H14O4S. The van der Waals surface area contributed by atoms with Crippen molar-refractivity contribution in [3.8, 4) is 0 Å². The fraction of sp³-hybridized carbons (Fsp3) is 0.667. The van der Waals surface area contributed by atoms with Crippen molar-refractivity contribution in [3.63, 3.8) is 0 Å². The summed E-state index contributed by atoms with van der Waals surface area (Å²) < 4.78 is 15.4. The largest absolute Gasteiger partial charge is 0.459 e. The third kappa shape index (κ3) is 3.32. The lowest BCUT2D eigenvalue weighted by atomic mass is 10.6. The highest BCUT2D eigenvalue weighted by atomic mass is 32.2. The summed E-state index contributed by atoms with van der Waals surface area (Å²) in [6.07, 6.45) is 1.24. The van der Waals surface area contributed by atoms with Crippen molar-refractivity contribution < 1.29 is 19.0 Å². The third-order valence-corrected chi connectivity index (χ3v) is 2.62. The van der Waals surface area contributed by atoms with Crippen molar-refractivity contribution in [2.24, 2.45) is 0 Å². The number of carbonyl (C=O) groups is 1. The second kappa shape index (κ2) is 6.06. The molecule has 0 bridgehead atoms. The van der Waals surface area contributed by atoms with Gasteiger partial charge in [0.15, 0.2) is 6.29 Å². The van der Waals surface area contributed by atoms with Crippen molar-refractivity contribution in [1.82, 2.24) is 0 Å². The molecule has 0 saturated carbocycles. The van der Waals surface area contributed by atoms with Crippen LogP contribution in [-0.2, 0) is 19.0 Å². The Morgan fingerprint density at radius 3 is 3.21 bits per heavy atom. The molecule has 14 heavy (non-hydrogen) atoms. The highest BCUT2D eigenvalue weighted by Gasteiger charge is 2.32. The van der Waals surface area contributed by atoms with Gasteiger partial charge in [-0.15, -0.1) is 11.8 Å². The molecule has 0 aromatic heterocycles. The summed E-state index contributed by atoms with van der Waals surface area (Å²) >= 11 is 1.39. The van der Waals surface area contributed by atoms with Crippen molar-refractivity contribution in [2.45, 2.75) is 18.6 Å². The van der Waals surface area contributed by atoms with Gasteiger partial charge in [0.2, 0.25) is 5.44 Å². The van der Waals surface area contributed by atoms with E-state index in [4.69, 9.17) is 14.2 Å². The SMILES string of the molecule is C=CCOC(=O)[C@H]1O[C@@H](OCC)CS1. The Morgan fingerprint density at radius 1 is 1.79 bits per heavy atom. The predicted molar refractivity (Wildman–Crippen MR) is 53.9 cm³/mol. The molecule has 1 heterocycles. The monoisotopic (exact) mass is 218 g/mol. The molecule has 0 radical (unpaired) electrons. The molecule has 5 heteroatoms. The fourth-order valence-corrected chi connectivity index (χ4v) is 1.90. The Hall–Kier alpha value is -0.520. The first kappa shape index (κ1) is 11.6. The zero-order valence-electron chi connectivity index (χ0n) is 8.10. The Balaban J connectivity index is 2.26. The summed E-state index contributed by atoms with van der Waals surface area (Å²) in [7, 11) is 0. The Labute approximate surface area is 87.6 Å². The lowest BCUT2D eigenvalue weighted by Gasteiger charge is -2.10. The summed E-state index contributed by atoms with van der Waals surface area (Å²) in [4.78, 5) is 11.3. The summed E-state index contributed by atoms with van der Waals surface area (Å²) in [6.45, 7) is 6.14. The number of rotatable bonds is 5. The van der Waals surface area contributed by atoms with E-state index < -0.39 is 5.44 Å². The summed E-state index contributed by atoms with van der Waals surface area (Å²) in [5.74, 6) is 0.305. The molecule has 1 aliphatic rings. The van der Waals surface area contributed by atoms with Gasteiger partial charge in [-0.25, -0.2) is 4.79 Å². The van der Waals surface area contributed by atoms with Gasteiger partial charge in [-0.2, -0.15) is 0 Å². The van der Waals surface area contributed by atoms with Crippen LogP contribution in [0.4, 0.5) is 0 Å². The third-order valence-electron chi connectivity index (χ3n) is 1.55. The number of esters is 1. The first-order valence-corrected chi connectivity index (χ1v) is 5.49. The van der Waals surface area contributed by atoms with Crippen molar-refractivity contribution in [1.29, 1.82) is 0 Å². The molecule has 0 aromatic rings. The van der Waals surface area contributed by atoms with Crippen LogP contribution < -0.4 is 0 Å². The molecule has 0 unspecified atom stereocenters. The average Bonchev–Trinajstić information content (AvgIpc) is 2.63. The lowest BCUT2D eigenvalue weighted by Crippen LogP contribution is -2.23. The van der Waals surface area contributed by atoms with Gasteiger partial charge < -0.3 is 14.2 Å². The zero-order chi connectivity index (χ0) is 10.4. The van der Waals surface area contributed by atoms with Gasteiger partial charge in [-0.05, 0) is 6.92 Å². The topological polar surface area (TPSA) is 44.8 Å². The van der Waals surface area contributed by atoms with E-state index in [1.54, 1.807) is 0 Å². The van der Waals surface area contributed by atoms with Crippen LogP contribution in [0.1, 0.15) is 6.92 Å². The standard InChI is InChI=1S/C9H14O4S/c1-3-5-12-8(10)9-13-7(6-14-9)11-4-2/h3,7,9H,1,4-6H2,2H3/t7-,9+/m1/s1. The maximum Gasteiger partial charge on any atom is 0.346 e. The summed E-state index contributed by atoms with van der Waals surface area (Å²) in [6, 6.07) is 0. The Kier molecular flexibility index (Phi) is 5.00. The molecule has 4 nitrogen and oxygen atoms in total. The number of carbonyl (C=O) groups excluding carboxylic acids is 1. The van der Waals surface area contributed by atoms with Crippen LogP contribution in [-0.4, -0.2) is 36.7 Å². The van der Waals surface area contributed by atoms with E-state index in [0.717, 1.165) is 0 Å². The molecule has 0 N–H and O–H groups in total. The minimum atomic E-state index is -0.550. The van der Waals surface area contributed by atoms with Crippen molar-refractivity contribution in [3.05, 3.63) is 12.7 Å². The van der Waals surface area contributed by atoms with Crippen LogP contribution in [0.15, 0.2) is 12.7 Å². The van der Waals surface area contributed by atoms with Crippen molar-refractivity contribution in [2.75, 3.05) is 19.0 Å². The lowest BCUT2D eigenvalue weighted by molar-refractivity contribution is -0.166. The van der Waals surface area contributed by atoms with Gasteiger partial charge in [0.1, 0.15) is 6.61 Å². The van der Waals surface area contributed by atoms with E-state index in [1.165, 1.54) is 17.8 Å². The van der Waals surface area contributed by atoms with E-state index in [9.17, 15) is 4.79 Å². The van der Waals surface area contributed by atoms with E-state index in [0.29, 0.717) is 12.4 Å². The number of hydrogen-bond acceptors (Lipinski definition) is 5. The molecule has 1 fully saturated rings. The normalized spacial score (nSPS) is 26.1. The molecule has 0 amide bonds. The Morgan fingerprint density at radius 2 is 2.57 bits per heavy atom. The van der Waals surface area contributed by atoms with Gasteiger partial charge >= 0.3 is 5.97 Å². The van der Waals surface area contributed by atoms with E-state index in [-0.39, 0.29) is 18.9 Å². The quantitative estimate of drug-likeness (QED) is 0.512. The average molecular weight is 218 g/mol. The van der Waals surface area contributed by atoms with Crippen LogP contribution in [0.2, 0.25) is 0 Å². The minimum absolute atomic E-state index is 0.221. The molecule has 80 valence electrons. The van der Waals surface area contributed by atoms with Gasteiger partial charge in [-0.1, -0.05) is 12.7 Å².